The lowest BCUT2D eigenvalue weighted by atomic mass is 10.1. The SMILES string of the molecule is CCNC(=O)CNC(=O)COC(=O)c1oc2ccccc2c1COCC. The Labute approximate surface area is 150 Å². The van der Waals surface area contributed by atoms with E-state index in [2.05, 4.69) is 10.6 Å². The van der Waals surface area contributed by atoms with Crippen LogP contribution in [0.3, 0.4) is 0 Å². The van der Waals surface area contributed by atoms with Gasteiger partial charge >= 0.3 is 5.97 Å². The van der Waals surface area contributed by atoms with Crippen molar-refractivity contribution in [2.75, 3.05) is 26.3 Å². The maximum absolute atomic E-state index is 12.3. The minimum atomic E-state index is -0.760. The predicted molar refractivity (Wildman–Crippen MR) is 93.5 cm³/mol. The lowest BCUT2D eigenvalue weighted by Crippen LogP contribution is -2.38. The van der Waals surface area contributed by atoms with E-state index in [1.165, 1.54) is 0 Å². The zero-order valence-electron chi connectivity index (χ0n) is 14.8. The van der Waals surface area contributed by atoms with Crippen LogP contribution < -0.4 is 10.6 Å². The lowest BCUT2D eigenvalue weighted by Gasteiger charge is -2.07. The molecule has 140 valence electrons. The molecule has 0 aliphatic rings. The Morgan fingerprint density at radius 2 is 1.85 bits per heavy atom. The van der Waals surface area contributed by atoms with Crippen molar-refractivity contribution >= 4 is 28.8 Å². The molecule has 0 fully saturated rings. The van der Waals surface area contributed by atoms with E-state index in [1.54, 1.807) is 19.1 Å². The molecule has 0 spiro atoms. The van der Waals surface area contributed by atoms with Crippen molar-refractivity contribution in [3.05, 3.63) is 35.6 Å². The van der Waals surface area contributed by atoms with E-state index in [0.717, 1.165) is 5.39 Å². The lowest BCUT2D eigenvalue weighted by molar-refractivity contribution is -0.127. The van der Waals surface area contributed by atoms with Crippen molar-refractivity contribution in [1.82, 2.24) is 10.6 Å². The fourth-order valence-electron chi connectivity index (χ4n) is 2.30. The van der Waals surface area contributed by atoms with Crippen molar-refractivity contribution < 1.29 is 28.3 Å². The van der Waals surface area contributed by atoms with E-state index in [1.807, 2.05) is 19.1 Å². The van der Waals surface area contributed by atoms with E-state index in [4.69, 9.17) is 13.9 Å². The van der Waals surface area contributed by atoms with Crippen LogP contribution in [-0.2, 0) is 25.7 Å². The third kappa shape index (κ3) is 5.06. The van der Waals surface area contributed by atoms with Crippen molar-refractivity contribution in [3.8, 4) is 0 Å². The second-order valence-electron chi connectivity index (χ2n) is 5.35. The highest BCUT2D eigenvalue weighted by atomic mass is 16.5. The molecule has 0 saturated heterocycles. The van der Waals surface area contributed by atoms with Gasteiger partial charge in [0.2, 0.25) is 11.7 Å². The number of fused-ring (bicyclic) bond motifs is 1. The number of nitrogens with one attached hydrogen (secondary N) is 2. The van der Waals surface area contributed by atoms with Crippen molar-refractivity contribution in [2.24, 2.45) is 0 Å². The van der Waals surface area contributed by atoms with Gasteiger partial charge in [-0.15, -0.1) is 0 Å². The summed E-state index contributed by atoms with van der Waals surface area (Å²) >= 11 is 0. The van der Waals surface area contributed by atoms with Crippen molar-refractivity contribution in [2.45, 2.75) is 20.5 Å². The summed E-state index contributed by atoms with van der Waals surface area (Å²) in [5, 5.41) is 5.67. The Morgan fingerprint density at radius 1 is 1.08 bits per heavy atom. The number of hydrogen-bond donors (Lipinski definition) is 2. The molecule has 1 aromatic heterocycles. The highest BCUT2D eigenvalue weighted by Crippen LogP contribution is 2.27. The fraction of sp³-hybridized carbons (Fsp3) is 0.389. The van der Waals surface area contributed by atoms with Gasteiger partial charge in [-0.25, -0.2) is 4.79 Å². The number of likely N-dealkylation sites (N-methyl/N-ethyl adjacent to an activating group) is 1. The highest BCUT2D eigenvalue weighted by molar-refractivity contribution is 5.97. The number of amides is 2. The molecule has 1 aromatic carbocycles. The summed E-state index contributed by atoms with van der Waals surface area (Å²) in [7, 11) is 0. The van der Waals surface area contributed by atoms with Gasteiger partial charge in [0.15, 0.2) is 6.61 Å². The molecule has 2 rings (SSSR count). The Hall–Kier alpha value is -2.87. The topological polar surface area (TPSA) is 107 Å². The van der Waals surface area contributed by atoms with Gasteiger partial charge in [0.1, 0.15) is 5.58 Å². The molecule has 26 heavy (non-hydrogen) atoms. The Bertz CT molecular complexity index is 783. The van der Waals surface area contributed by atoms with Gasteiger partial charge < -0.3 is 24.5 Å². The minimum absolute atomic E-state index is 0.0103. The van der Waals surface area contributed by atoms with Gasteiger partial charge in [-0.2, -0.15) is 0 Å². The number of ether oxygens (including phenoxy) is 2. The number of rotatable bonds is 9. The first-order valence-electron chi connectivity index (χ1n) is 8.35. The molecule has 2 N–H and O–H groups in total. The third-order valence-electron chi connectivity index (χ3n) is 3.49. The van der Waals surface area contributed by atoms with Crippen LogP contribution >= 0.6 is 0 Å². The summed E-state index contributed by atoms with van der Waals surface area (Å²) in [6.07, 6.45) is 0. The summed E-state index contributed by atoms with van der Waals surface area (Å²) in [4.78, 5) is 35.3. The van der Waals surface area contributed by atoms with Gasteiger partial charge in [0.05, 0.1) is 13.2 Å². The largest absolute Gasteiger partial charge is 0.450 e. The minimum Gasteiger partial charge on any atom is -0.450 e. The number of para-hydroxylation sites is 1. The van der Waals surface area contributed by atoms with Crippen LogP contribution in [0.15, 0.2) is 28.7 Å². The first kappa shape index (κ1) is 19.5. The maximum Gasteiger partial charge on any atom is 0.375 e. The molecule has 0 unspecified atom stereocenters. The van der Waals surface area contributed by atoms with Gasteiger partial charge in [-0.1, -0.05) is 18.2 Å². The average molecular weight is 362 g/mol. The summed E-state index contributed by atoms with van der Waals surface area (Å²) in [6.45, 7) is 4.08. The van der Waals surface area contributed by atoms with Gasteiger partial charge in [0, 0.05) is 24.1 Å². The summed E-state index contributed by atoms with van der Waals surface area (Å²) in [5.74, 6) is -1.64. The quantitative estimate of drug-likeness (QED) is 0.653. The van der Waals surface area contributed by atoms with E-state index in [-0.39, 0.29) is 24.8 Å². The zero-order valence-corrected chi connectivity index (χ0v) is 14.8. The number of hydrogen-bond acceptors (Lipinski definition) is 6. The molecule has 0 radical (unpaired) electrons. The molecule has 0 saturated carbocycles. The van der Waals surface area contributed by atoms with Crippen LogP contribution in [0.4, 0.5) is 0 Å². The summed E-state index contributed by atoms with van der Waals surface area (Å²) in [5.41, 5.74) is 1.12. The van der Waals surface area contributed by atoms with Crippen LogP contribution in [0.25, 0.3) is 11.0 Å². The molecular weight excluding hydrogens is 340 g/mol. The molecule has 2 aromatic rings. The van der Waals surface area contributed by atoms with E-state index < -0.39 is 18.5 Å². The van der Waals surface area contributed by atoms with Crippen molar-refractivity contribution in [1.29, 1.82) is 0 Å². The van der Waals surface area contributed by atoms with E-state index >= 15 is 0 Å². The van der Waals surface area contributed by atoms with Crippen LogP contribution in [0.1, 0.15) is 30.0 Å². The molecule has 0 bridgehead atoms. The van der Waals surface area contributed by atoms with Crippen LogP contribution in [0.5, 0.6) is 0 Å². The Balaban J connectivity index is 2.00. The number of furan rings is 1. The molecule has 0 aliphatic carbocycles. The fourth-order valence-corrected chi connectivity index (χ4v) is 2.30. The normalized spacial score (nSPS) is 10.5. The van der Waals surface area contributed by atoms with Crippen LogP contribution in [0.2, 0.25) is 0 Å². The van der Waals surface area contributed by atoms with Gasteiger partial charge in [-0.3, -0.25) is 9.59 Å². The predicted octanol–water partition coefficient (Wildman–Crippen LogP) is 1.38. The molecule has 0 atom stereocenters. The second-order valence-corrected chi connectivity index (χ2v) is 5.35. The molecule has 8 heteroatoms. The number of benzene rings is 1. The number of carbonyl (C=O) groups excluding carboxylic acids is 3. The molecule has 1 heterocycles. The van der Waals surface area contributed by atoms with E-state index in [9.17, 15) is 14.4 Å². The van der Waals surface area contributed by atoms with Gasteiger partial charge in [0.25, 0.3) is 5.91 Å². The van der Waals surface area contributed by atoms with Crippen molar-refractivity contribution in [3.63, 3.8) is 0 Å². The molecule has 2 amide bonds. The Morgan fingerprint density at radius 3 is 2.58 bits per heavy atom. The second kappa shape index (κ2) is 9.57. The number of esters is 1. The molecule has 0 aliphatic heterocycles. The monoisotopic (exact) mass is 362 g/mol. The maximum atomic E-state index is 12.3. The molecular formula is C18H22N2O6. The third-order valence-corrected chi connectivity index (χ3v) is 3.49. The first-order chi connectivity index (χ1) is 12.6. The highest BCUT2D eigenvalue weighted by Gasteiger charge is 2.22. The molecule has 8 nitrogen and oxygen atoms in total. The van der Waals surface area contributed by atoms with Crippen LogP contribution in [0, 0.1) is 0 Å². The first-order valence-corrected chi connectivity index (χ1v) is 8.35. The van der Waals surface area contributed by atoms with Crippen LogP contribution in [-0.4, -0.2) is 44.1 Å². The van der Waals surface area contributed by atoms with Gasteiger partial charge in [-0.05, 0) is 19.9 Å². The average Bonchev–Trinajstić information content (AvgIpc) is 3.01. The number of carbonyl (C=O) groups is 3. The summed E-state index contributed by atoms with van der Waals surface area (Å²) in [6, 6.07) is 7.18. The smallest absolute Gasteiger partial charge is 0.375 e. The van der Waals surface area contributed by atoms with E-state index in [0.29, 0.717) is 24.3 Å². The standard InChI is InChI=1S/C18H22N2O6/c1-3-19-15(21)9-20-16(22)11-25-18(23)17-13(10-24-4-2)12-7-5-6-8-14(12)26-17/h5-8H,3-4,9-11H2,1-2H3,(H,19,21)(H,20,22). The summed E-state index contributed by atoms with van der Waals surface area (Å²) < 4.78 is 16.0. The zero-order chi connectivity index (χ0) is 18.9. The Kier molecular flexibility index (Phi) is 7.16.